The van der Waals surface area contributed by atoms with Gasteiger partial charge in [-0.1, -0.05) is 6.07 Å². The third-order valence-electron chi connectivity index (χ3n) is 7.56. The normalized spacial score (nSPS) is 20.3. The number of nitrogens with two attached hydrogens (primary N) is 1. The number of hydrogen-bond acceptors (Lipinski definition) is 6. The van der Waals surface area contributed by atoms with Gasteiger partial charge >= 0.3 is 0 Å². The Morgan fingerprint density at radius 2 is 1.82 bits per heavy atom. The number of nitriles is 1. The molecule has 10 heteroatoms. The number of imidazole rings is 1. The molecule has 2 aliphatic rings. The minimum Gasteiger partial charge on any atom is -0.494 e. The number of hydrogen-bond donors (Lipinski definition) is 1. The maximum Gasteiger partial charge on any atom is 0.212 e. The second-order valence-electron chi connectivity index (χ2n) is 9.77. The Morgan fingerprint density at radius 3 is 2.50 bits per heavy atom. The van der Waals surface area contributed by atoms with Crippen molar-refractivity contribution in [3.8, 4) is 34.2 Å². The van der Waals surface area contributed by atoms with Crippen LogP contribution in [0.4, 0.5) is 14.7 Å². The van der Waals surface area contributed by atoms with Crippen LogP contribution in [0.5, 0.6) is 5.75 Å². The summed E-state index contributed by atoms with van der Waals surface area (Å²) in [7, 11) is 1.42. The van der Waals surface area contributed by atoms with Crippen LogP contribution < -0.4 is 15.4 Å². The highest BCUT2D eigenvalue weighted by Crippen LogP contribution is 2.42. The van der Waals surface area contributed by atoms with Crippen molar-refractivity contribution in [1.29, 1.82) is 5.26 Å². The summed E-state index contributed by atoms with van der Waals surface area (Å²) >= 11 is 0. The Morgan fingerprint density at radius 1 is 1.08 bits per heavy atom. The topological polar surface area (TPSA) is 92.5 Å². The monoisotopic (exact) mass is 536 g/mol. The molecule has 0 radical (unpaired) electrons. The number of nitrogens with zero attached hydrogens (tertiary/aromatic N) is 5. The van der Waals surface area contributed by atoms with Crippen molar-refractivity contribution < 1.29 is 13.5 Å². The lowest BCUT2D eigenvalue weighted by Gasteiger charge is -2.39. The van der Waals surface area contributed by atoms with E-state index in [1.54, 1.807) is 30.5 Å². The van der Waals surface area contributed by atoms with Gasteiger partial charge in [0.15, 0.2) is 11.6 Å². The van der Waals surface area contributed by atoms with E-state index in [0.717, 1.165) is 31.6 Å². The number of ether oxygens (including phenoxy) is 1. The Labute approximate surface area is 225 Å². The van der Waals surface area contributed by atoms with Crippen molar-refractivity contribution in [1.82, 2.24) is 14.4 Å². The van der Waals surface area contributed by atoms with Gasteiger partial charge in [0.25, 0.3) is 0 Å². The Kier molecular flexibility index (Phi) is 6.95. The molecule has 2 aromatic heterocycles. The Bertz CT molecular complexity index is 1540. The molecule has 2 aliphatic heterocycles. The number of rotatable bonds is 5. The van der Waals surface area contributed by atoms with Gasteiger partial charge < -0.3 is 15.4 Å². The first-order valence-electron chi connectivity index (χ1n) is 12.4. The molecule has 6 rings (SSSR count). The van der Waals surface area contributed by atoms with E-state index in [9.17, 15) is 14.0 Å². The summed E-state index contributed by atoms with van der Waals surface area (Å²) in [5, 5.41) is 9.22. The zero-order valence-corrected chi connectivity index (χ0v) is 21.6. The summed E-state index contributed by atoms with van der Waals surface area (Å²) in [5.74, 6) is -0.0843. The maximum absolute atomic E-state index is 14.9. The van der Waals surface area contributed by atoms with Crippen LogP contribution in [0.3, 0.4) is 0 Å². The molecule has 2 bridgehead atoms. The fourth-order valence-electron chi connectivity index (χ4n) is 5.93. The second kappa shape index (κ2) is 10.2. The zero-order valence-electron chi connectivity index (χ0n) is 20.8. The predicted molar refractivity (Wildman–Crippen MR) is 143 cm³/mol. The van der Waals surface area contributed by atoms with Crippen LogP contribution in [0.1, 0.15) is 31.2 Å². The van der Waals surface area contributed by atoms with E-state index in [4.69, 9.17) is 15.5 Å². The molecule has 196 valence electrons. The molecular weight excluding hydrogens is 510 g/mol. The van der Waals surface area contributed by atoms with Crippen LogP contribution >= 0.6 is 12.4 Å². The van der Waals surface area contributed by atoms with Crippen LogP contribution in [0.15, 0.2) is 48.8 Å². The molecule has 2 fully saturated rings. The summed E-state index contributed by atoms with van der Waals surface area (Å²) in [6, 6.07) is 12.1. The predicted octanol–water partition coefficient (Wildman–Crippen LogP) is 5.30. The molecule has 4 aromatic rings. The SMILES string of the molecule is COc1ccc(-c2c(-c3ccc(F)c(CC#N)c3)nc(N3C4CCC3CC(N)C4)n3ccnc23)cc1F.Cl. The fraction of sp³-hybridized carbons (Fsp3) is 0.321. The standard InChI is InChI=1S/C28H26F2N6O.ClH/c1-37-24-7-3-17(13-23(24)30)25-26(18-2-6-22(29)16(12-18)8-9-31)34-28(35-11-10-33-27(25)35)36-20-4-5-21(36)15-19(32)14-20;/h2-3,6-7,10-13,19-21H,4-5,8,14-15,32H2,1H3;1H. The maximum atomic E-state index is 14.9. The van der Waals surface area contributed by atoms with Gasteiger partial charge in [0.2, 0.25) is 5.95 Å². The average molecular weight is 537 g/mol. The van der Waals surface area contributed by atoms with E-state index < -0.39 is 11.6 Å². The van der Waals surface area contributed by atoms with Gasteiger partial charge in [-0.3, -0.25) is 4.40 Å². The minimum atomic E-state index is -0.507. The summed E-state index contributed by atoms with van der Waals surface area (Å²) in [6.45, 7) is 0. The number of halogens is 3. The quantitative estimate of drug-likeness (QED) is 0.372. The van der Waals surface area contributed by atoms with Crippen LogP contribution in [-0.4, -0.2) is 39.6 Å². The lowest BCUT2D eigenvalue weighted by molar-refractivity contribution is 0.386. The van der Waals surface area contributed by atoms with E-state index in [2.05, 4.69) is 9.88 Å². The summed E-state index contributed by atoms with van der Waals surface area (Å²) in [6.07, 6.45) is 7.36. The lowest BCUT2D eigenvalue weighted by Crippen LogP contribution is -2.48. The van der Waals surface area contributed by atoms with Gasteiger partial charge in [0.05, 0.1) is 30.9 Å². The first-order valence-corrected chi connectivity index (χ1v) is 12.4. The summed E-state index contributed by atoms with van der Waals surface area (Å²) in [5.41, 5.74) is 9.59. The number of piperidine rings is 1. The van der Waals surface area contributed by atoms with Crippen molar-refractivity contribution in [3.05, 3.63) is 66.0 Å². The Balaban J connectivity index is 0.00000294. The molecule has 7 nitrogen and oxygen atoms in total. The van der Waals surface area contributed by atoms with Crippen LogP contribution in [0.2, 0.25) is 0 Å². The van der Waals surface area contributed by atoms with Crippen LogP contribution in [-0.2, 0) is 6.42 Å². The molecule has 0 spiro atoms. The van der Waals surface area contributed by atoms with Gasteiger partial charge in [0.1, 0.15) is 11.5 Å². The molecule has 0 amide bonds. The summed E-state index contributed by atoms with van der Waals surface area (Å²) in [4.78, 5) is 12.2. The summed E-state index contributed by atoms with van der Waals surface area (Å²) < 4.78 is 36.4. The first kappa shape index (κ1) is 25.9. The zero-order chi connectivity index (χ0) is 25.7. The molecule has 0 aliphatic carbocycles. The third-order valence-corrected chi connectivity index (χ3v) is 7.56. The van der Waals surface area contributed by atoms with E-state index >= 15 is 0 Å². The molecule has 2 atom stereocenters. The number of aromatic nitrogens is 3. The number of fused-ring (bicyclic) bond motifs is 3. The van der Waals surface area contributed by atoms with Gasteiger partial charge in [-0.2, -0.15) is 5.26 Å². The van der Waals surface area contributed by atoms with Crippen LogP contribution in [0, 0.1) is 23.0 Å². The van der Waals surface area contributed by atoms with Crippen LogP contribution in [0.25, 0.3) is 28.0 Å². The highest BCUT2D eigenvalue weighted by molar-refractivity contribution is 5.91. The highest BCUT2D eigenvalue weighted by atomic mass is 35.5. The van der Waals surface area contributed by atoms with Crippen molar-refractivity contribution in [2.45, 2.75) is 50.2 Å². The Hall–Kier alpha value is -3.74. The highest BCUT2D eigenvalue weighted by Gasteiger charge is 2.41. The van der Waals surface area contributed by atoms with Gasteiger partial charge in [-0.05, 0) is 61.6 Å². The number of benzene rings is 2. The number of anilines is 1. The van der Waals surface area contributed by atoms with E-state index in [1.165, 1.54) is 19.2 Å². The van der Waals surface area contributed by atoms with Crippen molar-refractivity contribution >= 4 is 24.0 Å². The molecule has 4 heterocycles. The van der Waals surface area contributed by atoms with Crippen molar-refractivity contribution in [2.75, 3.05) is 12.0 Å². The van der Waals surface area contributed by atoms with E-state index in [-0.39, 0.29) is 48.3 Å². The minimum absolute atomic E-state index is 0. The molecule has 2 unspecified atom stereocenters. The largest absolute Gasteiger partial charge is 0.494 e. The molecular formula is C28H27ClF2N6O. The van der Waals surface area contributed by atoms with Crippen molar-refractivity contribution in [2.24, 2.45) is 5.73 Å². The fourth-order valence-corrected chi connectivity index (χ4v) is 5.93. The molecule has 2 N–H and O–H groups in total. The third kappa shape index (κ3) is 4.24. The lowest BCUT2D eigenvalue weighted by atomic mass is 9.97. The van der Waals surface area contributed by atoms with Gasteiger partial charge in [0, 0.05) is 41.6 Å². The van der Waals surface area contributed by atoms with Crippen molar-refractivity contribution in [3.63, 3.8) is 0 Å². The number of methoxy groups -OCH3 is 1. The average Bonchev–Trinajstić information content (AvgIpc) is 3.47. The smallest absolute Gasteiger partial charge is 0.212 e. The molecule has 2 aromatic carbocycles. The van der Waals surface area contributed by atoms with E-state index in [0.29, 0.717) is 28.0 Å². The molecule has 2 saturated heterocycles. The second-order valence-corrected chi connectivity index (χ2v) is 9.77. The van der Waals surface area contributed by atoms with Gasteiger partial charge in [-0.15, -0.1) is 12.4 Å². The first-order chi connectivity index (χ1) is 18.0. The molecule has 0 saturated carbocycles. The van der Waals surface area contributed by atoms with E-state index in [1.807, 2.05) is 16.7 Å². The molecule has 38 heavy (non-hydrogen) atoms. The van der Waals surface area contributed by atoms with Gasteiger partial charge in [-0.25, -0.2) is 18.7 Å².